The fraction of sp³-hybridized carbons (Fsp3) is 0.333. The number of aromatic nitrogens is 2. The third-order valence-electron chi connectivity index (χ3n) is 3.07. The van der Waals surface area contributed by atoms with E-state index in [0.29, 0.717) is 6.54 Å². The lowest BCUT2D eigenvalue weighted by atomic mass is 10.0. The molecule has 0 saturated carbocycles. The summed E-state index contributed by atoms with van der Waals surface area (Å²) in [4.78, 5) is 14.2. The maximum absolute atomic E-state index is 12.2. The SMILES string of the molecule is Cc1ccccc1C(=O)CN(C)Cc1cnn(C)c1. The molecule has 0 aliphatic carbocycles. The predicted octanol–water partition coefficient (Wildman–Crippen LogP) is 2.04. The standard InChI is InChI=1S/C15H19N3O/c1-12-6-4-5-7-14(12)15(19)11-17(2)9-13-8-16-18(3)10-13/h4-8,10H,9,11H2,1-3H3. The van der Waals surface area contributed by atoms with Crippen LogP contribution in [0.2, 0.25) is 0 Å². The first kappa shape index (κ1) is 13.5. The van der Waals surface area contributed by atoms with Crippen molar-refractivity contribution in [3.63, 3.8) is 0 Å². The Morgan fingerprint density at radius 1 is 1.37 bits per heavy atom. The molecule has 2 rings (SSSR count). The summed E-state index contributed by atoms with van der Waals surface area (Å²) < 4.78 is 1.77. The smallest absolute Gasteiger partial charge is 0.177 e. The molecule has 1 heterocycles. The summed E-state index contributed by atoms with van der Waals surface area (Å²) in [5.74, 6) is 0.157. The maximum Gasteiger partial charge on any atom is 0.177 e. The van der Waals surface area contributed by atoms with E-state index in [-0.39, 0.29) is 5.78 Å². The molecule has 0 spiro atoms. The Labute approximate surface area is 113 Å². The molecule has 4 heteroatoms. The van der Waals surface area contributed by atoms with Crippen molar-refractivity contribution in [3.8, 4) is 0 Å². The van der Waals surface area contributed by atoms with Crippen LogP contribution in [0.4, 0.5) is 0 Å². The molecule has 0 fully saturated rings. The van der Waals surface area contributed by atoms with Gasteiger partial charge in [0.25, 0.3) is 0 Å². The zero-order chi connectivity index (χ0) is 13.8. The molecule has 4 nitrogen and oxygen atoms in total. The van der Waals surface area contributed by atoms with E-state index in [0.717, 1.165) is 23.2 Å². The Kier molecular flexibility index (Phi) is 4.12. The summed E-state index contributed by atoms with van der Waals surface area (Å²) in [6.45, 7) is 3.11. The van der Waals surface area contributed by atoms with Crippen LogP contribution in [0.3, 0.4) is 0 Å². The van der Waals surface area contributed by atoms with Crippen LogP contribution in [0, 0.1) is 6.92 Å². The minimum absolute atomic E-state index is 0.157. The molecule has 0 aliphatic rings. The fourth-order valence-corrected chi connectivity index (χ4v) is 2.14. The molecule has 0 aliphatic heterocycles. The molecule has 19 heavy (non-hydrogen) atoms. The average molecular weight is 257 g/mol. The first-order valence-corrected chi connectivity index (χ1v) is 6.31. The van der Waals surface area contributed by atoms with E-state index in [9.17, 15) is 4.79 Å². The van der Waals surface area contributed by atoms with Gasteiger partial charge in [0, 0.05) is 30.9 Å². The Morgan fingerprint density at radius 3 is 2.74 bits per heavy atom. The van der Waals surface area contributed by atoms with Crippen molar-refractivity contribution in [2.75, 3.05) is 13.6 Å². The number of ketones is 1. The van der Waals surface area contributed by atoms with E-state index in [2.05, 4.69) is 5.10 Å². The van der Waals surface area contributed by atoms with E-state index in [1.807, 2.05) is 62.6 Å². The second kappa shape index (κ2) is 5.80. The van der Waals surface area contributed by atoms with Crippen LogP contribution in [0.5, 0.6) is 0 Å². The highest BCUT2D eigenvalue weighted by atomic mass is 16.1. The molecule has 1 aromatic carbocycles. The molecule has 0 radical (unpaired) electrons. The van der Waals surface area contributed by atoms with E-state index in [1.54, 1.807) is 4.68 Å². The topological polar surface area (TPSA) is 38.1 Å². The Bertz CT molecular complexity index is 574. The van der Waals surface area contributed by atoms with Gasteiger partial charge in [0.15, 0.2) is 5.78 Å². The second-order valence-electron chi connectivity index (χ2n) is 4.93. The highest BCUT2D eigenvalue weighted by Gasteiger charge is 2.12. The molecular formula is C15H19N3O. The Hall–Kier alpha value is -1.94. The lowest BCUT2D eigenvalue weighted by Gasteiger charge is -2.15. The van der Waals surface area contributed by atoms with Gasteiger partial charge in [0.1, 0.15) is 0 Å². The van der Waals surface area contributed by atoms with Gasteiger partial charge in [-0.15, -0.1) is 0 Å². The number of nitrogens with zero attached hydrogens (tertiary/aromatic N) is 3. The van der Waals surface area contributed by atoms with Gasteiger partial charge in [-0.2, -0.15) is 5.10 Å². The quantitative estimate of drug-likeness (QED) is 0.769. The molecule has 2 aromatic rings. The van der Waals surface area contributed by atoms with Gasteiger partial charge < -0.3 is 0 Å². The van der Waals surface area contributed by atoms with E-state index < -0.39 is 0 Å². The van der Waals surface area contributed by atoms with Crippen LogP contribution in [-0.4, -0.2) is 34.1 Å². The predicted molar refractivity (Wildman–Crippen MR) is 75.1 cm³/mol. The molecule has 100 valence electrons. The number of hydrogen-bond acceptors (Lipinski definition) is 3. The Balaban J connectivity index is 1.97. The molecular weight excluding hydrogens is 238 g/mol. The zero-order valence-electron chi connectivity index (χ0n) is 11.6. The average Bonchev–Trinajstić information content (AvgIpc) is 2.74. The number of Topliss-reactive ketones (excluding diaryl/α,β-unsaturated/α-hetero) is 1. The summed E-state index contributed by atoms with van der Waals surface area (Å²) in [7, 11) is 3.84. The number of benzene rings is 1. The van der Waals surface area contributed by atoms with Gasteiger partial charge in [-0.3, -0.25) is 14.4 Å². The third-order valence-corrected chi connectivity index (χ3v) is 3.07. The monoisotopic (exact) mass is 257 g/mol. The molecule has 0 unspecified atom stereocenters. The lowest BCUT2D eigenvalue weighted by molar-refractivity contribution is 0.0942. The highest BCUT2D eigenvalue weighted by Crippen LogP contribution is 2.09. The van der Waals surface area contributed by atoms with Crippen molar-refractivity contribution in [3.05, 3.63) is 53.3 Å². The fourth-order valence-electron chi connectivity index (χ4n) is 2.14. The first-order valence-electron chi connectivity index (χ1n) is 6.31. The van der Waals surface area contributed by atoms with Crippen molar-refractivity contribution < 1.29 is 4.79 Å². The maximum atomic E-state index is 12.2. The molecule has 0 atom stereocenters. The largest absolute Gasteiger partial charge is 0.294 e. The van der Waals surface area contributed by atoms with Gasteiger partial charge in [0.2, 0.25) is 0 Å². The van der Waals surface area contributed by atoms with Crippen molar-refractivity contribution in [2.45, 2.75) is 13.5 Å². The third kappa shape index (κ3) is 3.51. The van der Waals surface area contributed by atoms with Gasteiger partial charge >= 0.3 is 0 Å². The van der Waals surface area contributed by atoms with E-state index in [1.165, 1.54) is 0 Å². The summed E-state index contributed by atoms with van der Waals surface area (Å²) in [5, 5.41) is 4.13. The Morgan fingerprint density at radius 2 is 2.11 bits per heavy atom. The molecule has 0 N–H and O–H groups in total. The molecule has 0 saturated heterocycles. The van der Waals surface area contributed by atoms with Crippen molar-refractivity contribution in [1.29, 1.82) is 0 Å². The number of carbonyl (C=O) groups is 1. The van der Waals surface area contributed by atoms with Crippen LogP contribution in [0.25, 0.3) is 0 Å². The van der Waals surface area contributed by atoms with Crippen molar-refractivity contribution in [2.24, 2.45) is 7.05 Å². The van der Waals surface area contributed by atoms with Crippen LogP contribution >= 0.6 is 0 Å². The van der Waals surface area contributed by atoms with E-state index >= 15 is 0 Å². The second-order valence-corrected chi connectivity index (χ2v) is 4.93. The number of likely N-dealkylation sites (N-methyl/N-ethyl adjacent to an activating group) is 1. The first-order chi connectivity index (χ1) is 9.06. The molecule has 1 aromatic heterocycles. The van der Waals surface area contributed by atoms with Crippen LogP contribution in [0.1, 0.15) is 21.5 Å². The highest BCUT2D eigenvalue weighted by molar-refractivity contribution is 5.98. The summed E-state index contributed by atoms with van der Waals surface area (Å²) in [6, 6.07) is 7.71. The number of hydrogen-bond donors (Lipinski definition) is 0. The molecule has 0 bridgehead atoms. The lowest BCUT2D eigenvalue weighted by Crippen LogP contribution is -2.25. The number of aryl methyl sites for hydroxylation is 2. The van der Waals surface area contributed by atoms with Crippen LogP contribution in [0.15, 0.2) is 36.7 Å². The van der Waals surface area contributed by atoms with Gasteiger partial charge in [-0.1, -0.05) is 24.3 Å². The van der Waals surface area contributed by atoms with Gasteiger partial charge in [0.05, 0.1) is 12.7 Å². The number of carbonyl (C=O) groups excluding carboxylic acids is 1. The van der Waals surface area contributed by atoms with E-state index in [4.69, 9.17) is 0 Å². The van der Waals surface area contributed by atoms with Crippen LogP contribution < -0.4 is 0 Å². The van der Waals surface area contributed by atoms with Crippen LogP contribution in [-0.2, 0) is 13.6 Å². The van der Waals surface area contributed by atoms with Gasteiger partial charge in [-0.05, 0) is 19.5 Å². The summed E-state index contributed by atoms with van der Waals surface area (Å²) in [5.41, 5.74) is 2.95. The zero-order valence-corrected chi connectivity index (χ0v) is 11.6. The summed E-state index contributed by atoms with van der Waals surface area (Å²) in [6.07, 6.45) is 3.80. The molecule has 0 amide bonds. The van der Waals surface area contributed by atoms with Crippen molar-refractivity contribution in [1.82, 2.24) is 14.7 Å². The van der Waals surface area contributed by atoms with Gasteiger partial charge in [-0.25, -0.2) is 0 Å². The summed E-state index contributed by atoms with van der Waals surface area (Å²) >= 11 is 0. The minimum Gasteiger partial charge on any atom is -0.294 e. The number of rotatable bonds is 5. The minimum atomic E-state index is 0.157. The van der Waals surface area contributed by atoms with Crippen molar-refractivity contribution >= 4 is 5.78 Å². The normalized spacial score (nSPS) is 10.9.